The Morgan fingerprint density at radius 1 is 1.21 bits per heavy atom. The standard InChI is InChI=1S/C8H19O5P/c1-5-6-8(7-10-2)13-14(9,11-3)12-4/h8H,5-7H2,1-4H3. The fourth-order valence-electron chi connectivity index (χ4n) is 1.02. The van der Waals surface area contributed by atoms with E-state index in [0.717, 1.165) is 12.8 Å². The van der Waals surface area contributed by atoms with Crippen LogP contribution in [-0.4, -0.2) is 34.0 Å². The summed E-state index contributed by atoms with van der Waals surface area (Å²) in [6.45, 7) is 2.39. The van der Waals surface area contributed by atoms with Gasteiger partial charge in [0.05, 0.1) is 12.7 Å². The maximum Gasteiger partial charge on any atom is 0.474 e. The molecule has 5 nitrogen and oxygen atoms in total. The first-order valence-electron chi connectivity index (χ1n) is 4.50. The normalized spacial score (nSPS) is 14.3. The Morgan fingerprint density at radius 3 is 2.14 bits per heavy atom. The molecule has 6 heteroatoms. The van der Waals surface area contributed by atoms with Gasteiger partial charge in [0.2, 0.25) is 0 Å². The summed E-state index contributed by atoms with van der Waals surface area (Å²) in [7, 11) is 0.773. The highest BCUT2D eigenvalue weighted by atomic mass is 31.2. The Bertz CT molecular complexity index is 171. The summed E-state index contributed by atoms with van der Waals surface area (Å²) in [6, 6.07) is 0. The van der Waals surface area contributed by atoms with Crippen LogP contribution in [0.5, 0.6) is 0 Å². The predicted molar refractivity (Wildman–Crippen MR) is 53.3 cm³/mol. The summed E-state index contributed by atoms with van der Waals surface area (Å²) in [4.78, 5) is 0. The Hall–Kier alpha value is 0.0700. The molecule has 0 aromatic rings. The van der Waals surface area contributed by atoms with Crippen molar-refractivity contribution in [2.24, 2.45) is 0 Å². The molecule has 0 amide bonds. The van der Waals surface area contributed by atoms with Crippen molar-refractivity contribution in [2.45, 2.75) is 25.9 Å². The third kappa shape index (κ3) is 5.08. The van der Waals surface area contributed by atoms with Crippen LogP contribution in [0.25, 0.3) is 0 Å². The van der Waals surface area contributed by atoms with E-state index in [-0.39, 0.29) is 6.10 Å². The first-order valence-corrected chi connectivity index (χ1v) is 5.96. The second-order valence-corrected chi connectivity index (χ2v) is 4.62. The molecule has 0 rings (SSSR count). The van der Waals surface area contributed by atoms with E-state index < -0.39 is 7.82 Å². The summed E-state index contributed by atoms with van der Waals surface area (Å²) in [5.41, 5.74) is 0. The summed E-state index contributed by atoms with van der Waals surface area (Å²) < 4.78 is 31.1. The largest absolute Gasteiger partial charge is 0.474 e. The molecule has 0 N–H and O–H groups in total. The first-order chi connectivity index (χ1) is 6.61. The van der Waals surface area contributed by atoms with Crippen molar-refractivity contribution in [1.82, 2.24) is 0 Å². The molecule has 0 fully saturated rings. The molecule has 0 bridgehead atoms. The number of hydrogen-bond acceptors (Lipinski definition) is 5. The minimum absolute atomic E-state index is 0.254. The lowest BCUT2D eigenvalue weighted by molar-refractivity contribution is 0.0412. The highest BCUT2D eigenvalue weighted by molar-refractivity contribution is 7.48. The molecule has 0 radical (unpaired) electrons. The number of methoxy groups -OCH3 is 1. The van der Waals surface area contributed by atoms with Gasteiger partial charge in [0.25, 0.3) is 0 Å². The van der Waals surface area contributed by atoms with Crippen molar-refractivity contribution in [2.75, 3.05) is 27.9 Å². The highest BCUT2D eigenvalue weighted by Gasteiger charge is 2.27. The highest BCUT2D eigenvalue weighted by Crippen LogP contribution is 2.49. The lowest BCUT2D eigenvalue weighted by atomic mass is 10.2. The van der Waals surface area contributed by atoms with E-state index in [4.69, 9.17) is 9.26 Å². The molecule has 0 saturated carbocycles. The quantitative estimate of drug-likeness (QED) is 0.594. The van der Waals surface area contributed by atoms with E-state index in [0.29, 0.717) is 6.61 Å². The fourth-order valence-corrected chi connectivity index (χ4v) is 1.87. The molecule has 0 aliphatic heterocycles. The third-order valence-corrected chi connectivity index (χ3v) is 3.14. The number of phosphoric ester groups is 1. The molecule has 0 spiro atoms. The van der Waals surface area contributed by atoms with E-state index in [1.807, 2.05) is 6.92 Å². The second kappa shape index (κ2) is 7.37. The van der Waals surface area contributed by atoms with Gasteiger partial charge < -0.3 is 4.74 Å². The predicted octanol–water partition coefficient (Wildman–Crippen LogP) is 2.22. The van der Waals surface area contributed by atoms with Gasteiger partial charge in [-0.1, -0.05) is 13.3 Å². The second-order valence-electron chi connectivity index (χ2n) is 2.78. The molecule has 0 aromatic carbocycles. The van der Waals surface area contributed by atoms with Crippen LogP contribution in [0, 0.1) is 0 Å². The van der Waals surface area contributed by atoms with Crippen LogP contribution in [0.4, 0.5) is 0 Å². The number of ether oxygens (including phenoxy) is 1. The van der Waals surface area contributed by atoms with Crippen molar-refractivity contribution < 1.29 is 22.9 Å². The number of phosphoric acid groups is 1. The topological polar surface area (TPSA) is 54.0 Å². The average molecular weight is 226 g/mol. The summed E-state index contributed by atoms with van der Waals surface area (Å²) >= 11 is 0. The molecule has 14 heavy (non-hydrogen) atoms. The molecule has 0 aromatic heterocycles. The number of rotatable bonds is 8. The van der Waals surface area contributed by atoms with Gasteiger partial charge in [0.1, 0.15) is 0 Å². The van der Waals surface area contributed by atoms with Gasteiger partial charge in [-0.15, -0.1) is 0 Å². The molecule has 86 valence electrons. The van der Waals surface area contributed by atoms with Crippen LogP contribution in [0.3, 0.4) is 0 Å². The zero-order valence-corrected chi connectivity index (χ0v) is 10.1. The molecule has 0 saturated heterocycles. The van der Waals surface area contributed by atoms with E-state index in [1.165, 1.54) is 14.2 Å². The molecule has 1 unspecified atom stereocenters. The van der Waals surface area contributed by atoms with Crippen molar-refractivity contribution in [3.05, 3.63) is 0 Å². The van der Waals surface area contributed by atoms with Gasteiger partial charge in [0, 0.05) is 21.3 Å². The third-order valence-electron chi connectivity index (χ3n) is 1.69. The van der Waals surface area contributed by atoms with Crippen LogP contribution in [-0.2, 0) is 22.9 Å². The van der Waals surface area contributed by atoms with Crippen molar-refractivity contribution in [3.8, 4) is 0 Å². The van der Waals surface area contributed by atoms with Crippen LogP contribution in [0.15, 0.2) is 0 Å². The van der Waals surface area contributed by atoms with E-state index in [9.17, 15) is 4.57 Å². The van der Waals surface area contributed by atoms with Crippen LogP contribution >= 0.6 is 7.82 Å². The van der Waals surface area contributed by atoms with E-state index in [2.05, 4.69) is 9.05 Å². The van der Waals surface area contributed by atoms with E-state index >= 15 is 0 Å². The smallest absolute Gasteiger partial charge is 0.382 e. The molecule has 0 aliphatic carbocycles. The summed E-state index contributed by atoms with van der Waals surface area (Å²) in [5, 5.41) is 0. The monoisotopic (exact) mass is 226 g/mol. The van der Waals surface area contributed by atoms with Crippen LogP contribution < -0.4 is 0 Å². The molecular weight excluding hydrogens is 207 g/mol. The summed E-state index contributed by atoms with van der Waals surface area (Å²) in [5.74, 6) is 0. The Kier molecular flexibility index (Phi) is 7.41. The van der Waals surface area contributed by atoms with Gasteiger partial charge >= 0.3 is 7.82 Å². The van der Waals surface area contributed by atoms with Gasteiger partial charge in [-0.3, -0.25) is 13.6 Å². The van der Waals surface area contributed by atoms with Crippen molar-refractivity contribution in [1.29, 1.82) is 0 Å². The molecule has 0 aliphatic rings. The van der Waals surface area contributed by atoms with Gasteiger partial charge in [-0.2, -0.15) is 0 Å². The fraction of sp³-hybridized carbons (Fsp3) is 1.00. The van der Waals surface area contributed by atoms with Crippen LogP contribution in [0.2, 0.25) is 0 Å². The number of hydrogen-bond donors (Lipinski definition) is 0. The Labute approximate surface area is 85.3 Å². The van der Waals surface area contributed by atoms with E-state index in [1.54, 1.807) is 7.11 Å². The zero-order valence-electron chi connectivity index (χ0n) is 9.19. The minimum Gasteiger partial charge on any atom is -0.382 e. The summed E-state index contributed by atoms with van der Waals surface area (Å²) in [6.07, 6.45) is 1.42. The Balaban J connectivity index is 4.18. The maximum absolute atomic E-state index is 11.6. The molecule has 0 heterocycles. The lowest BCUT2D eigenvalue weighted by Gasteiger charge is -2.20. The van der Waals surface area contributed by atoms with Gasteiger partial charge in [0.15, 0.2) is 0 Å². The SMILES string of the molecule is CCCC(COC)OP(=O)(OC)OC. The maximum atomic E-state index is 11.6. The van der Waals surface area contributed by atoms with Crippen molar-refractivity contribution in [3.63, 3.8) is 0 Å². The van der Waals surface area contributed by atoms with Crippen LogP contribution in [0.1, 0.15) is 19.8 Å². The lowest BCUT2D eigenvalue weighted by Crippen LogP contribution is -2.18. The van der Waals surface area contributed by atoms with Gasteiger partial charge in [-0.05, 0) is 6.42 Å². The molecule has 1 atom stereocenters. The Morgan fingerprint density at radius 2 is 1.79 bits per heavy atom. The first kappa shape index (κ1) is 14.1. The molecular formula is C8H19O5P. The van der Waals surface area contributed by atoms with Crippen molar-refractivity contribution >= 4 is 7.82 Å². The van der Waals surface area contributed by atoms with Gasteiger partial charge in [-0.25, -0.2) is 4.57 Å². The average Bonchev–Trinajstić information content (AvgIpc) is 2.18. The zero-order chi connectivity index (χ0) is 11.0. The minimum atomic E-state index is -3.38.